The number of alkyl carbamates (subject to hydrolysis) is 2. The van der Waals surface area contributed by atoms with Gasteiger partial charge < -0.3 is 29.6 Å². The molecule has 0 heterocycles. The summed E-state index contributed by atoms with van der Waals surface area (Å²) in [6.07, 6.45) is 2.13. The molecular formula is C22H38N2O8. The van der Waals surface area contributed by atoms with Gasteiger partial charge in [0, 0.05) is 12.1 Å². The number of carbonyl (C=O) groups excluding carboxylic acids is 4. The van der Waals surface area contributed by atoms with E-state index >= 15 is 0 Å². The molecule has 0 radical (unpaired) electrons. The average Bonchev–Trinajstić information content (AvgIpc) is 2.59. The largest absolute Gasteiger partial charge is 0.469 e. The van der Waals surface area contributed by atoms with E-state index < -0.39 is 23.4 Å². The molecule has 184 valence electrons. The number of amides is 2. The molecule has 32 heavy (non-hydrogen) atoms. The Morgan fingerprint density at radius 3 is 1.12 bits per heavy atom. The van der Waals surface area contributed by atoms with Gasteiger partial charge in [0.15, 0.2) is 0 Å². The summed E-state index contributed by atoms with van der Waals surface area (Å²) >= 11 is 0. The first-order valence-corrected chi connectivity index (χ1v) is 10.8. The number of ether oxygens (including phenoxy) is 4. The highest BCUT2D eigenvalue weighted by Gasteiger charge is 2.40. The molecule has 0 unspecified atom stereocenters. The van der Waals surface area contributed by atoms with Crippen molar-refractivity contribution in [1.82, 2.24) is 10.6 Å². The van der Waals surface area contributed by atoms with Crippen molar-refractivity contribution in [1.29, 1.82) is 0 Å². The fourth-order valence-corrected chi connectivity index (χ4v) is 3.13. The molecule has 4 atom stereocenters. The molecule has 2 aliphatic carbocycles. The van der Waals surface area contributed by atoms with Gasteiger partial charge >= 0.3 is 24.1 Å². The Morgan fingerprint density at radius 1 is 0.625 bits per heavy atom. The lowest BCUT2D eigenvalue weighted by Gasteiger charge is -2.35. The zero-order valence-electron chi connectivity index (χ0n) is 20.4. The maximum Gasteiger partial charge on any atom is 0.407 e. The molecular weight excluding hydrogens is 420 g/mol. The summed E-state index contributed by atoms with van der Waals surface area (Å²) < 4.78 is 19.5. The van der Waals surface area contributed by atoms with Crippen LogP contribution in [-0.2, 0) is 28.5 Å². The predicted octanol–water partition coefficient (Wildman–Crippen LogP) is 2.93. The lowest BCUT2D eigenvalue weighted by Crippen LogP contribution is -2.51. The Hall–Kier alpha value is -2.52. The van der Waals surface area contributed by atoms with E-state index in [-0.39, 0.29) is 35.9 Å². The second-order valence-corrected chi connectivity index (χ2v) is 9.92. The SMILES string of the molecule is COC(=O)[C@@H]1CC[C@H]1NC(=O)OC(C)(C)C.COC(=O)[C@H]1CC[C@@H]1NC(=O)OC(C)(C)C. The number of nitrogens with one attached hydrogen (secondary N) is 2. The van der Waals surface area contributed by atoms with Gasteiger partial charge in [0.1, 0.15) is 11.2 Å². The lowest BCUT2D eigenvalue weighted by molar-refractivity contribution is -0.150. The predicted molar refractivity (Wildman–Crippen MR) is 116 cm³/mol. The van der Waals surface area contributed by atoms with E-state index in [1.54, 1.807) is 41.5 Å². The van der Waals surface area contributed by atoms with Crippen LogP contribution in [0.4, 0.5) is 9.59 Å². The van der Waals surface area contributed by atoms with E-state index in [2.05, 4.69) is 20.1 Å². The highest BCUT2D eigenvalue weighted by Crippen LogP contribution is 2.29. The van der Waals surface area contributed by atoms with Crippen molar-refractivity contribution < 1.29 is 38.1 Å². The number of hydrogen-bond acceptors (Lipinski definition) is 8. The van der Waals surface area contributed by atoms with E-state index in [9.17, 15) is 19.2 Å². The maximum absolute atomic E-state index is 11.4. The molecule has 10 heteroatoms. The van der Waals surface area contributed by atoms with Crippen LogP contribution in [0.2, 0.25) is 0 Å². The zero-order chi connectivity index (χ0) is 24.7. The van der Waals surface area contributed by atoms with Gasteiger partial charge in [-0.1, -0.05) is 0 Å². The first-order valence-electron chi connectivity index (χ1n) is 10.8. The highest BCUT2D eigenvalue weighted by atomic mass is 16.6. The molecule has 2 fully saturated rings. The zero-order valence-corrected chi connectivity index (χ0v) is 20.4. The van der Waals surface area contributed by atoms with Crippen LogP contribution < -0.4 is 10.6 Å². The van der Waals surface area contributed by atoms with Gasteiger partial charge in [-0.05, 0) is 67.2 Å². The van der Waals surface area contributed by atoms with Crippen LogP contribution in [0.3, 0.4) is 0 Å². The number of hydrogen-bond donors (Lipinski definition) is 2. The van der Waals surface area contributed by atoms with Crippen molar-refractivity contribution in [3.05, 3.63) is 0 Å². The van der Waals surface area contributed by atoms with E-state index in [0.717, 1.165) is 25.7 Å². The second-order valence-electron chi connectivity index (χ2n) is 9.92. The molecule has 2 aliphatic rings. The summed E-state index contributed by atoms with van der Waals surface area (Å²) in [4.78, 5) is 45.4. The minimum absolute atomic E-state index is 0.151. The molecule has 10 nitrogen and oxygen atoms in total. The van der Waals surface area contributed by atoms with Crippen molar-refractivity contribution in [3.63, 3.8) is 0 Å². The Bertz CT molecular complexity index is 622. The smallest absolute Gasteiger partial charge is 0.407 e. The first-order chi connectivity index (χ1) is 14.7. The Morgan fingerprint density at radius 2 is 0.938 bits per heavy atom. The molecule has 0 aromatic heterocycles. The molecule has 0 aromatic rings. The van der Waals surface area contributed by atoms with E-state index in [1.807, 2.05) is 0 Å². The lowest BCUT2D eigenvalue weighted by atomic mass is 9.80. The third-order valence-corrected chi connectivity index (χ3v) is 4.96. The third-order valence-electron chi connectivity index (χ3n) is 4.96. The van der Waals surface area contributed by atoms with E-state index in [0.29, 0.717) is 0 Å². The van der Waals surface area contributed by atoms with Gasteiger partial charge in [-0.3, -0.25) is 9.59 Å². The molecule has 2 amide bonds. The Kier molecular flexibility index (Phi) is 9.78. The van der Waals surface area contributed by atoms with Gasteiger partial charge in [0.25, 0.3) is 0 Å². The van der Waals surface area contributed by atoms with Gasteiger partial charge in [0.05, 0.1) is 26.1 Å². The number of methoxy groups -OCH3 is 2. The van der Waals surface area contributed by atoms with Gasteiger partial charge in [0.2, 0.25) is 0 Å². The van der Waals surface area contributed by atoms with Crippen molar-refractivity contribution in [2.75, 3.05) is 14.2 Å². The summed E-state index contributed by atoms with van der Waals surface area (Å²) in [5.41, 5.74) is -1.04. The highest BCUT2D eigenvalue weighted by molar-refractivity contribution is 5.77. The van der Waals surface area contributed by atoms with Gasteiger partial charge in [-0.15, -0.1) is 0 Å². The van der Waals surface area contributed by atoms with Crippen LogP contribution in [0.25, 0.3) is 0 Å². The maximum atomic E-state index is 11.4. The molecule has 2 saturated carbocycles. The van der Waals surface area contributed by atoms with E-state index in [1.165, 1.54) is 14.2 Å². The molecule has 0 bridgehead atoms. The first kappa shape index (κ1) is 27.5. The van der Waals surface area contributed by atoms with Crippen LogP contribution in [0, 0.1) is 11.8 Å². The van der Waals surface area contributed by atoms with Crippen molar-refractivity contribution >= 4 is 24.1 Å². The molecule has 2 N–H and O–H groups in total. The summed E-state index contributed by atoms with van der Waals surface area (Å²) in [5.74, 6) is -0.991. The Balaban J connectivity index is 0.000000320. The average molecular weight is 459 g/mol. The number of esters is 2. The molecule has 0 aliphatic heterocycles. The van der Waals surface area contributed by atoms with Crippen LogP contribution >= 0.6 is 0 Å². The summed E-state index contributed by atoms with van der Waals surface area (Å²) in [6, 6.07) is -0.301. The second kappa shape index (κ2) is 11.4. The summed E-state index contributed by atoms with van der Waals surface area (Å²) in [7, 11) is 2.70. The van der Waals surface area contributed by atoms with Gasteiger partial charge in [-0.25, -0.2) is 9.59 Å². The van der Waals surface area contributed by atoms with E-state index in [4.69, 9.17) is 9.47 Å². The Labute approximate surface area is 190 Å². The number of rotatable bonds is 4. The third kappa shape index (κ3) is 9.32. The molecule has 0 saturated heterocycles. The number of carbonyl (C=O) groups is 4. The quantitative estimate of drug-likeness (QED) is 0.486. The standard InChI is InChI=1S/2C11H19NO4/c2*1-11(2,3)16-10(14)12-8-6-5-7(8)9(13)15-4/h2*7-8H,5-6H2,1-4H3,(H,12,14)/t2*7-,8-/m10/s1. The van der Waals surface area contributed by atoms with Crippen LogP contribution in [0.1, 0.15) is 67.2 Å². The van der Waals surface area contributed by atoms with Gasteiger partial charge in [-0.2, -0.15) is 0 Å². The monoisotopic (exact) mass is 458 g/mol. The fraction of sp³-hybridized carbons (Fsp3) is 0.818. The van der Waals surface area contributed by atoms with Crippen LogP contribution in [0.5, 0.6) is 0 Å². The molecule has 2 rings (SSSR count). The summed E-state index contributed by atoms with van der Waals surface area (Å²) in [6.45, 7) is 10.8. The minimum atomic E-state index is -0.519. The van der Waals surface area contributed by atoms with Crippen LogP contribution in [-0.4, -0.2) is 61.6 Å². The normalized spacial score (nSPS) is 24.2. The van der Waals surface area contributed by atoms with Crippen molar-refractivity contribution in [2.24, 2.45) is 11.8 Å². The van der Waals surface area contributed by atoms with Crippen molar-refractivity contribution in [2.45, 2.75) is 90.5 Å². The topological polar surface area (TPSA) is 129 Å². The minimum Gasteiger partial charge on any atom is -0.469 e. The summed E-state index contributed by atoms with van der Waals surface area (Å²) in [5, 5.41) is 5.35. The van der Waals surface area contributed by atoms with Crippen molar-refractivity contribution in [3.8, 4) is 0 Å². The molecule has 0 aromatic carbocycles. The van der Waals surface area contributed by atoms with Crippen LogP contribution in [0.15, 0.2) is 0 Å². The molecule has 0 spiro atoms. The fourth-order valence-electron chi connectivity index (χ4n) is 3.13.